The summed E-state index contributed by atoms with van der Waals surface area (Å²) in [6.45, 7) is 0.868. The molecule has 1 saturated carbocycles. The molecule has 1 aliphatic carbocycles. The molecule has 17 heavy (non-hydrogen) atoms. The first-order chi connectivity index (χ1) is 8.24. The molecule has 1 N–H and O–H groups in total. The van der Waals surface area contributed by atoms with Crippen molar-refractivity contribution in [3.8, 4) is 0 Å². The Bertz CT molecular complexity index is 423. The van der Waals surface area contributed by atoms with Crippen LogP contribution < -0.4 is 5.32 Å². The van der Waals surface area contributed by atoms with Crippen molar-refractivity contribution in [1.29, 1.82) is 0 Å². The number of halogens is 2. The maximum atomic E-state index is 5.81. The van der Waals surface area contributed by atoms with E-state index < -0.39 is 0 Å². The lowest BCUT2D eigenvalue weighted by Gasteiger charge is -2.20. The van der Waals surface area contributed by atoms with Gasteiger partial charge in [-0.3, -0.25) is 0 Å². The van der Waals surface area contributed by atoms with Crippen LogP contribution in [0.4, 0.5) is 5.82 Å². The average Bonchev–Trinajstić information content (AvgIpc) is 3.03. The van der Waals surface area contributed by atoms with Crippen LogP contribution in [0.1, 0.15) is 19.3 Å². The zero-order valence-corrected chi connectivity index (χ0v) is 12.5. The van der Waals surface area contributed by atoms with E-state index in [9.17, 15) is 0 Å². The monoisotopic (exact) mass is 360 g/mol. The van der Waals surface area contributed by atoms with E-state index in [2.05, 4.69) is 42.2 Å². The number of pyridine rings is 1. The van der Waals surface area contributed by atoms with Gasteiger partial charge in [-0.05, 0) is 63.1 Å². The fourth-order valence-corrected chi connectivity index (χ4v) is 3.45. The number of hydrogen-bond donors (Lipinski definition) is 1. The summed E-state index contributed by atoms with van der Waals surface area (Å²) >= 11 is 6.94. The quantitative estimate of drug-likeness (QED) is 0.893. The number of rotatable bonds is 3. The van der Waals surface area contributed by atoms with E-state index in [-0.39, 0.29) is 0 Å². The minimum absolute atomic E-state index is 0.382. The minimum Gasteiger partial charge on any atom is -0.376 e. The Kier molecular flexibility index (Phi) is 3.41. The molecular formula is C12H14Br2N2O. The molecule has 1 aromatic rings. The van der Waals surface area contributed by atoms with Crippen LogP contribution in [0.5, 0.6) is 0 Å². The van der Waals surface area contributed by atoms with Crippen LogP contribution >= 0.6 is 31.9 Å². The van der Waals surface area contributed by atoms with Gasteiger partial charge in [-0.15, -0.1) is 0 Å². The molecule has 2 atom stereocenters. The lowest BCUT2D eigenvalue weighted by Crippen LogP contribution is -2.31. The molecule has 0 amide bonds. The second kappa shape index (κ2) is 4.86. The lowest BCUT2D eigenvalue weighted by atomic mass is 10.1. The summed E-state index contributed by atoms with van der Waals surface area (Å²) in [4.78, 5) is 4.40. The predicted octanol–water partition coefficient (Wildman–Crippen LogP) is 3.59. The van der Waals surface area contributed by atoms with Crippen LogP contribution in [0, 0.1) is 5.92 Å². The van der Waals surface area contributed by atoms with E-state index in [4.69, 9.17) is 4.74 Å². The number of aromatic nitrogens is 1. The standard InChI is InChI=1S/C12H14Br2N2O/c13-8-5-9(14)12(15-6-8)16-10-3-4-17-11(10)7-1-2-7/h5-7,10-11H,1-4H2,(H,15,16). The summed E-state index contributed by atoms with van der Waals surface area (Å²) in [6, 6.07) is 2.42. The largest absolute Gasteiger partial charge is 0.376 e. The van der Waals surface area contributed by atoms with Crippen molar-refractivity contribution in [2.45, 2.75) is 31.4 Å². The zero-order chi connectivity index (χ0) is 11.8. The van der Waals surface area contributed by atoms with Crippen LogP contribution in [0.2, 0.25) is 0 Å². The van der Waals surface area contributed by atoms with E-state index in [1.807, 2.05) is 12.3 Å². The summed E-state index contributed by atoms with van der Waals surface area (Å²) in [5.74, 6) is 1.68. The SMILES string of the molecule is Brc1cnc(NC2CCOC2C2CC2)c(Br)c1. The lowest BCUT2D eigenvalue weighted by molar-refractivity contribution is 0.0898. The van der Waals surface area contributed by atoms with Crippen LogP contribution in [-0.4, -0.2) is 23.7 Å². The van der Waals surface area contributed by atoms with Crippen LogP contribution in [0.3, 0.4) is 0 Å². The van der Waals surface area contributed by atoms with Crippen molar-refractivity contribution in [2.75, 3.05) is 11.9 Å². The molecule has 1 saturated heterocycles. The average molecular weight is 362 g/mol. The maximum absolute atomic E-state index is 5.81. The molecule has 2 unspecified atom stereocenters. The smallest absolute Gasteiger partial charge is 0.140 e. The van der Waals surface area contributed by atoms with E-state index in [0.29, 0.717) is 12.1 Å². The van der Waals surface area contributed by atoms with Crippen molar-refractivity contribution in [3.05, 3.63) is 21.2 Å². The Morgan fingerprint density at radius 2 is 2.12 bits per heavy atom. The summed E-state index contributed by atoms with van der Waals surface area (Å²) in [5, 5.41) is 3.50. The van der Waals surface area contributed by atoms with Crippen LogP contribution in [0.25, 0.3) is 0 Å². The second-order valence-electron chi connectivity index (χ2n) is 4.70. The van der Waals surface area contributed by atoms with E-state index in [1.54, 1.807) is 0 Å². The van der Waals surface area contributed by atoms with E-state index in [1.165, 1.54) is 12.8 Å². The third kappa shape index (κ3) is 2.66. The highest BCUT2D eigenvalue weighted by Gasteiger charge is 2.40. The predicted molar refractivity (Wildman–Crippen MR) is 74.1 cm³/mol. The van der Waals surface area contributed by atoms with Crippen molar-refractivity contribution < 1.29 is 4.74 Å². The Labute approximate surface area is 118 Å². The van der Waals surface area contributed by atoms with Crippen molar-refractivity contribution in [3.63, 3.8) is 0 Å². The van der Waals surface area contributed by atoms with Crippen molar-refractivity contribution in [1.82, 2.24) is 4.98 Å². The Morgan fingerprint density at radius 1 is 1.29 bits per heavy atom. The molecule has 0 spiro atoms. The Hall–Kier alpha value is -0.130. The van der Waals surface area contributed by atoms with Gasteiger partial charge >= 0.3 is 0 Å². The highest BCUT2D eigenvalue weighted by Crippen LogP contribution is 2.40. The zero-order valence-electron chi connectivity index (χ0n) is 9.33. The van der Waals surface area contributed by atoms with Gasteiger partial charge in [0.25, 0.3) is 0 Å². The molecule has 0 radical (unpaired) electrons. The van der Waals surface area contributed by atoms with Gasteiger partial charge in [-0.25, -0.2) is 4.98 Å². The highest BCUT2D eigenvalue weighted by molar-refractivity contribution is 9.11. The molecule has 0 aromatic carbocycles. The number of ether oxygens (including phenoxy) is 1. The minimum atomic E-state index is 0.382. The topological polar surface area (TPSA) is 34.2 Å². The van der Waals surface area contributed by atoms with Crippen molar-refractivity contribution >= 4 is 37.7 Å². The third-order valence-corrected chi connectivity index (χ3v) is 4.39. The van der Waals surface area contributed by atoms with Crippen molar-refractivity contribution in [2.24, 2.45) is 5.92 Å². The Balaban J connectivity index is 1.72. The molecule has 2 aliphatic rings. The van der Waals surface area contributed by atoms with Gasteiger partial charge in [0.15, 0.2) is 0 Å². The Morgan fingerprint density at radius 3 is 2.82 bits per heavy atom. The normalized spacial score (nSPS) is 28.4. The molecular weight excluding hydrogens is 348 g/mol. The van der Waals surface area contributed by atoms with Gasteiger partial charge in [0.1, 0.15) is 5.82 Å². The maximum Gasteiger partial charge on any atom is 0.140 e. The molecule has 0 bridgehead atoms. The van der Waals surface area contributed by atoms with Crippen LogP contribution in [-0.2, 0) is 4.74 Å². The van der Waals surface area contributed by atoms with Gasteiger partial charge < -0.3 is 10.1 Å². The molecule has 3 rings (SSSR count). The first-order valence-electron chi connectivity index (χ1n) is 5.93. The molecule has 1 aromatic heterocycles. The molecule has 1 aliphatic heterocycles. The summed E-state index contributed by atoms with van der Waals surface area (Å²) in [6.07, 6.45) is 5.91. The number of nitrogens with zero attached hydrogens (tertiary/aromatic N) is 1. The molecule has 92 valence electrons. The van der Waals surface area contributed by atoms with E-state index >= 15 is 0 Å². The third-order valence-electron chi connectivity index (χ3n) is 3.35. The van der Waals surface area contributed by atoms with Gasteiger partial charge in [-0.2, -0.15) is 0 Å². The number of nitrogens with one attached hydrogen (secondary N) is 1. The van der Waals surface area contributed by atoms with Gasteiger partial charge in [-0.1, -0.05) is 0 Å². The molecule has 5 heteroatoms. The molecule has 3 nitrogen and oxygen atoms in total. The number of hydrogen-bond acceptors (Lipinski definition) is 3. The highest BCUT2D eigenvalue weighted by atomic mass is 79.9. The molecule has 2 fully saturated rings. The summed E-state index contributed by atoms with van der Waals surface area (Å²) in [5.41, 5.74) is 0. The fraction of sp³-hybridized carbons (Fsp3) is 0.583. The van der Waals surface area contributed by atoms with Gasteiger partial charge in [0.05, 0.1) is 16.6 Å². The molecule has 2 heterocycles. The summed E-state index contributed by atoms with van der Waals surface area (Å²) in [7, 11) is 0. The first-order valence-corrected chi connectivity index (χ1v) is 7.52. The van der Waals surface area contributed by atoms with Crippen LogP contribution in [0.15, 0.2) is 21.2 Å². The summed E-state index contributed by atoms with van der Waals surface area (Å²) < 4.78 is 7.79. The van der Waals surface area contributed by atoms with Gasteiger partial charge in [0.2, 0.25) is 0 Å². The second-order valence-corrected chi connectivity index (χ2v) is 6.47. The van der Waals surface area contributed by atoms with E-state index in [0.717, 1.165) is 33.7 Å². The van der Waals surface area contributed by atoms with Gasteiger partial charge in [0, 0.05) is 17.3 Å². The number of anilines is 1. The fourth-order valence-electron chi connectivity index (χ4n) is 2.35. The first kappa shape index (κ1) is 11.9.